The highest BCUT2D eigenvalue weighted by molar-refractivity contribution is 7.89. The van der Waals surface area contributed by atoms with E-state index >= 15 is 0 Å². The lowest BCUT2D eigenvalue weighted by Crippen LogP contribution is -2.37. The lowest BCUT2D eigenvalue weighted by molar-refractivity contribution is -0.117. The molecule has 0 bridgehead atoms. The number of hydrogen-bond acceptors (Lipinski definition) is 3. The third-order valence-electron chi connectivity index (χ3n) is 4.95. The zero-order chi connectivity index (χ0) is 16.6. The van der Waals surface area contributed by atoms with E-state index in [9.17, 15) is 13.2 Å². The molecule has 1 aromatic carbocycles. The molecule has 126 valence electrons. The Labute approximate surface area is 138 Å². The van der Waals surface area contributed by atoms with Gasteiger partial charge in [-0.15, -0.1) is 0 Å². The van der Waals surface area contributed by atoms with Gasteiger partial charge in [-0.3, -0.25) is 4.79 Å². The van der Waals surface area contributed by atoms with E-state index in [4.69, 9.17) is 0 Å². The molecule has 1 aliphatic carbocycles. The first-order valence-corrected chi connectivity index (χ1v) is 9.73. The minimum Gasteiger partial charge on any atom is -0.326 e. The molecule has 1 saturated heterocycles. The van der Waals surface area contributed by atoms with Gasteiger partial charge >= 0.3 is 0 Å². The molecule has 2 fully saturated rings. The fourth-order valence-electron chi connectivity index (χ4n) is 3.01. The number of carbonyl (C=O) groups excluding carboxylic acids is 1. The summed E-state index contributed by atoms with van der Waals surface area (Å²) in [6, 6.07) is 6.51. The highest BCUT2D eigenvalue weighted by Crippen LogP contribution is 2.38. The van der Waals surface area contributed by atoms with Crippen LogP contribution >= 0.6 is 0 Å². The van der Waals surface area contributed by atoms with Crippen molar-refractivity contribution in [3.63, 3.8) is 0 Å². The number of piperidine rings is 1. The van der Waals surface area contributed by atoms with E-state index in [0.717, 1.165) is 19.3 Å². The van der Waals surface area contributed by atoms with Crippen LogP contribution in [0.2, 0.25) is 0 Å². The second-order valence-electron chi connectivity index (χ2n) is 6.92. The van der Waals surface area contributed by atoms with Gasteiger partial charge in [-0.2, -0.15) is 4.31 Å². The number of nitrogens with zero attached hydrogens (tertiary/aromatic N) is 1. The zero-order valence-corrected chi connectivity index (χ0v) is 14.5. The Bertz CT molecular complexity index is 676. The van der Waals surface area contributed by atoms with Crippen molar-refractivity contribution in [1.29, 1.82) is 0 Å². The Balaban J connectivity index is 1.67. The quantitative estimate of drug-likeness (QED) is 0.919. The maximum atomic E-state index is 12.6. The molecule has 1 aromatic rings. The average Bonchev–Trinajstić information content (AvgIpc) is 3.25. The Morgan fingerprint density at radius 1 is 1.13 bits per heavy atom. The summed E-state index contributed by atoms with van der Waals surface area (Å²) in [4.78, 5) is 12.2. The zero-order valence-electron chi connectivity index (χ0n) is 13.7. The van der Waals surface area contributed by atoms with Gasteiger partial charge in [0.2, 0.25) is 15.9 Å². The van der Waals surface area contributed by atoms with Crippen LogP contribution in [0.4, 0.5) is 5.69 Å². The number of benzene rings is 1. The molecular formula is C17H24N2O3S. The molecule has 0 aromatic heterocycles. The first kappa shape index (κ1) is 16.5. The predicted molar refractivity (Wildman–Crippen MR) is 89.5 cm³/mol. The van der Waals surface area contributed by atoms with Crippen LogP contribution in [-0.2, 0) is 14.8 Å². The summed E-state index contributed by atoms with van der Waals surface area (Å²) in [6.07, 6.45) is 2.76. The molecule has 1 amide bonds. The fraction of sp³-hybridized carbons (Fsp3) is 0.588. The molecule has 23 heavy (non-hydrogen) atoms. The van der Waals surface area contributed by atoms with E-state index < -0.39 is 10.0 Å². The molecule has 3 rings (SSSR count). The van der Waals surface area contributed by atoms with Gasteiger partial charge in [0.05, 0.1) is 4.90 Å². The van der Waals surface area contributed by atoms with Crippen molar-refractivity contribution in [3.8, 4) is 0 Å². The largest absolute Gasteiger partial charge is 0.326 e. The smallest absolute Gasteiger partial charge is 0.243 e. The van der Waals surface area contributed by atoms with Crippen molar-refractivity contribution < 1.29 is 13.2 Å². The number of anilines is 1. The Hall–Kier alpha value is -1.40. The highest BCUT2D eigenvalue weighted by atomic mass is 32.2. The van der Waals surface area contributed by atoms with Crippen molar-refractivity contribution in [1.82, 2.24) is 4.31 Å². The van der Waals surface area contributed by atoms with Crippen molar-refractivity contribution in [2.45, 2.75) is 38.0 Å². The van der Waals surface area contributed by atoms with Crippen molar-refractivity contribution in [3.05, 3.63) is 24.3 Å². The minimum absolute atomic E-state index is 0.0260. The number of carbonyl (C=O) groups is 1. The van der Waals surface area contributed by atoms with Gasteiger partial charge in [-0.05, 0) is 55.4 Å². The second kappa shape index (κ2) is 6.24. The number of nitrogens with one attached hydrogen (secondary N) is 1. The van der Waals surface area contributed by atoms with Gasteiger partial charge in [-0.25, -0.2) is 8.42 Å². The number of hydrogen-bond donors (Lipinski definition) is 1. The molecule has 2 atom stereocenters. The van der Waals surface area contributed by atoms with Gasteiger partial charge in [0.1, 0.15) is 0 Å². The van der Waals surface area contributed by atoms with Crippen molar-refractivity contribution in [2.24, 2.45) is 17.8 Å². The number of sulfonamides is 1. The van der Waals surface area contributed by atoms with Gasteiger partial charge in [0.25, 0.3) is 0 Å². The minimum atomic E-state index is -3.42. The lowest BCUT2D eigenvalue weighted by atomic mass is 10.0. The monoisotopic (exact) mass is 336 g/mol. The summed E-state index contributed by atoms with van der Waals surface area (Å²) >= 11 is 0. The molecular weight excluding hydrogens is 312 g/mol. The van der Waals surface area contributed by atoms with Gasteiger partial charge in [-0.1, -0.05) is 13.8 Å². The van der Waals surface area contributed by atoms with Crippen molar-refractivity contribution in [2.75, 3.05) is 18.4 Å². The fourth-order valence-corrected chi connectivity index (χ4v) is 4.48. The van der Waals surface area contributed by atoms with E-state index in [1.54, 1.807) is 28.6 Å². The normalized spacial score (nSPS) is 26.0. The summed E-state index contributed by atoms with van der Waals surface area (Å²) < 4.78 is 26.8. The number of rotatable bonds is 4. The van der Waals surface area contributed by atoms with Crippen LogP contribution in [0.25, 0.3) is 0 Å². The second-order valence-corrected chi connectivity index (χ2v) is 8.86. The number of amides is 1. The first-order valence-electron chi connectivity index (χ1n) is 8.29. The summed E-state index contributed by atoms with van der Waals surface area (Å²) in [7, 11) is -3.42. The molecule has 6 heteroatoms. The van der Waals surface area contributed by atoms with Crippen molar-refractivity contribution >= 4 is 21.6 Å². The molecule has 0 spiro atoms. The Kier molecular flexibility index (Phi) is 4.47. The summed E-state index contributed by atoms with van der Waals surface area (Å²) in [5.74, 6) is 1.17. The van der Waals surface area contributed by atoms with Crippen LogP contribution in [0.5, 0.6) is 0 Å². The average molecular weight is 336 g/mol. The SMILES string of the molecule is CC1CCN(S(=O)(=O)c2ccc(NC(=O)[C@@H]3C[C@H]3C)cc2)CC1. The third-order valence-corrected chi connectivity index (χ3v) is 6.86. The van der Waals surface area contributed by atoms with E-state index in [-0.39, 0.29) is 11.8 Å². The van der Waals surface area contributed by atoms with Gasteiger partial charge in [0, 0.05) is 24.7 Å². The van der Waals surface area contributed by atoms with E-state index in [0.29, 0.717) is 35.5 Å². The first-order chi connectivity index (χ1) is 10.9. The third kappa shape index (κ3) is 3.58. The van der Waals surface area contributed by atoms with Crippen LogP contribution in [0, 0.1) is 17.8 Å². The topological polar surface area (TPSA) is 66.5 Å². The van der Waals surface area contributed by atoms with E-state index in [1.165, 1.54) is 0 Å². The van der Waals surface area contributed by atoms with Crippen LogP contribution < -0.4 is 5.32 Å². The predicted octanol–water partition coefficient (Wildman–Crippen LogP) is 2.70. The summed E-state index contributed by atoms with van der Waals surface area (Å²) in [6.45, 7) is 5.38. The van der Waals surface area contributed by atoms with Crippen LogP contribution in [0.3, 0.4) is 0 Å². The lowest BCUT2D eigenvalue weighted by Gasteiger charge is -2.29. The Morgan fingerprint density at radius 3 is 2.22 bits per heavy atom. The molecule has 5 nitrogen and oxygen atoms in total. The highest BCUT2D eigenvalue weighted by Gasteiger charge is 2.39. The van der Waals surface area contributed by atoms with Gasteiger partial charge < -0.3 is 5.32 Å². The summed E-state index contributed by atoms with van der Waals surface area (Å²) in [5.41, 5.74) is 0.653. The maximum Gasteiger partial charge on any atom is 0.243 e. The van der Waals surface area contributed by atoms with Crippen LogP contribution in [0.15, 0.2) is 29.2 Å². The molecule has 1 saturated carbocycles. The van der Waals surface area contributed by atoms with E-state index in [1.807, 2.05) is 0 Å². The summed E-state index contributed by atoms with van der Waals surface area (Å²) in [5, 5.41) is 2.85. The van der Waals surface area contributed by atoms with Crippen LogP contribution in [-0.4, -0.2) is 31.7 Å². The van der Waals surface area contributed by atoms with E-state index in [2.05, 4.69) is 19.2 Å². The maximum absolute atomic E-state index is 12.6. The standard InChI is InChI=1S/C17H24N2O3S/c1-12-7-9-19(10-8-12)23(21,22)15-5-3-14(4-6-15)18-17(20)16-11-13(16)2/h3-6,12-13,16H,7-11H2,1-2H3,(H,18,20)/t13-,16-/m1/s1. The molecule has 2 aliphatic rings. The molecule has 0 radical (unpaired) electrons. The van der Waals surface area contributed by atoms with Gasteiger partial charge in [0.15, 0.2) is 0 Å². The molecule has 1 heterocycles. The van der Waals surface area contributed by atoms with Crippen LogP contribution in [0.1, 0.15) is 33.1 Å². The molecule has 1 N–H and O–H groups in total. The molecule has 0 unspecified atom stereocenters. The Morgan fingerprint density at radius 2 is 1.70 bits per heavy atom. The molecule has 1 aliphatic heterocycles.